The molecule has 0 aliphatic heterocycles. The van der Waals surface area contributed by atoms with Crippen LogP contribution in [0, 0.1) is 0 Å². The summed E-state index contributed by atoms with van der Waals surface area (Å²) in [6.07, 6.45) is 0. The first-order valence-electron chi connectivity index (χ1n) is 4.38. The predicted octanol–water partition coefficient (Wildman–Crippen LogP) is -78.3. The molecule has 0 radical (unpaired) electrons. The van der Waals surface area contributed by atoms with E-state index in [2.05, 4.69) is 0 Å². The van der Waals surface area contributed by atoms with Gasteiger partial charge in [0.2, 0.25) is 0 Å². The molecule has 0 amide bonds. The number of hydrogen-bond acceptors (Lipinski definition) is 24. The van der Waals surface area contributed by atoms with Crippen LogP contribution >= 0.6 is 0 Å². The van der Waals surface area contributed by atoms with Gasteiger partial charge in [0, 0.05) is 0 Å². The van der Waals surface area contributed by atoms with Gasteiger partial charge < -0.3 is 0 Å². The van der Waals surface area contributed by atoms with E-state index >= 15 is 0 Å². The monoisotopic (exact) mass is 1240 g/mol. The molecule has 0 aromatic rings. The average Bonchev–Trinajstić information content (AvgIpc) is 1.94. The van der Waals surface area contributed by atoms with E-state index in [1.54, 1.807) is 0 Å². The Labute approximate surface area is 525 Å². The van der Waals surface area contributed by atoms with Gasteiger partial charge >= 0.3 is 539 Å². The molecule has 0 saturated carbocycles. The second-order valence-electron chi connectivity index (χ2n) is 2.68. The zero-order valence-corrected chi connectivity index (χ0v) is 45.8. The molecule has 0 heterocycles. The van der Waals surface area contributed by atoms with Gasteiger partial charge in [-0.15, -0.1) is 0 Å². The number of hydrogen-bond donors (Lipinski definition) is 0. The third-order valence-corrected chi connectivity index (χ3v) is 0. The van der Waals surface area contributed by atoms with Crippen LogP contribution in [-0.2, 0) is 18.1 Å². The van der Waals surface area contributed by atoms with Gasteiger partial charge in [0.1, 0.15) is 0 Å². The van der Waals surface area contributed by atoms with Gasteiger partial charge in [-0.3, -0.25) is 0 Å². The Hall–Kier alpha value is 13.7. The van der Waals surface area contributed by atoms with Gasteiger partial charge in [-0.05, 0) is 0 Å². The van der Waals surface area contributed by atoms with Crippen LogP contribution in [-0.4, -0.2) is 120 Å². The first kappa shape index (κ1) is 160. The van der Waals surface area contributed by atoms with E-state index in [0.717, 1.165) is 0 Å². The van der Waals surface area contributed by atoms with Crippen molar-refractivity contribution in [3.8, 4) is 0 Å². The van der Waals surface area contributed by atoms with Crippen LogP contribution in [0.2, 0.25) is 0 Å². The summed E-state index contributed by atoms with van der Waals surface area (Å²) in [4.78, 5) is 0. The summed E-state index contributed by atoms with van der Waals surface area (Å²) >= 11 is -36.6. The van der Waals surface area contributed by atoms with Crippen LogP contribution in [0.3, 0.4) is 0 Å². The number of rotatable bonds is 0. The van der Waals surface area contributed by atoms with Crippen molar-refractivity contribution in [2.24, 2.45) is 0 Å². The van der Waals surface area contributed by atoms with Gasteiger partial charge in [0.05, 0.1) is 0 Å². The molecule has 192 valence electrons. The maximum atomic E-state index is 8.64. The zero-order valence-electron chi connectivity index (χ0n) is 30.5. The van der Waals surface area contributed by atoms with Gasteiger partial charge in [-0.1, -0.05) is 0 Å². The molecule has 48 heavy (non-hydrogen) atoms. The van der Waals surface area contributed by atoms with Crippen molar-refractivity contribution < 1.29 is 419 Å². The summed E-state index contributed by atoms with van der Waals surface area (Å²) in [5.41, 5.74) is 0. The molecular formula is Li18O24Sb6. The van der Waals surface area contributed by atoms with Gasteiger partial charge in [0.15, 0.2) is 0 Å². The maximum absolute atomic E-state index is 8.64. The van der Waals surface area contributed by atoms with Gasteiger partial charge in [-0.25, -0.2) is 0 Å². The Bertz CT molecular complexity index is 500. The van der Waals surface area contributed by atoms with Crippen LogP contribution in [0.25, 0.3) is 0 Å². The Morgan fingerprint density at radius 3 is 0.146 bits per heavy atom. The molecule has 0 spiro atoms. The van der Waals surface area contributed by atoms with E-state index in [0.29, 0.717) is 0 Å². The molecule has 0 saturated heterocycles. The minimum atomic E-state index is -6.10. The van der Waals surface area contributed by atoms with Crippen molar-refractivity contribution in [3.63, 3.8) is 0 Å². The molecule has 0 unspecified atom stereocenters. The van der Waals surface area contributed by atoms with E-state index in [9.17, 15) is 0 Å². The average molecular weight is 1240 g/mol. The Balaban J connectivity index is -0.00000000609. The Morgan fingerprint density at radius 1 is 0.146 bits per heavy atom. The molecule has 0 N–H and O–H groups in total. The fourth-order valence-corrected chi connectivity index (χ4v) is 0. The molecule has 24 nitrogen and oxygen atoms in total. The third kappa shape index (κ3) is 1090. The predicted molar refractivity (Wildman–Crippen MR) is 38.6 cm³/mol. The SMILES string of the molecule is [Li+].[Li+].[Li+].[Li+].[Li+].[Li+].[Li+].[Li+].[Li+].[Li+].[Li+].[Li+].[Li+].[Li+].[Li+].[Li+].[Li+].[Li+].[O]=[Sb]([O-])([O-])[O-].[O]=[Sb]([O-])([O-])[O-].[O]=[Sb]([O-])([O-])[O-].[O]=[Sb]([O-])([O-])[O-].[O]=[Sb]([O-])([O-])[O-].[O]=[Sb]([O-])([O-])[O-]. The molecule has 0 aliphatic rings. The summed E-state index contributed by atoms with van der Waals surface area (Å²) in [6, 6.07) is 0. The molecule has 0 atom stereocenters. The van der Waals surface area contributed by atoms with Crippen LogP contribution < -0.4 is 400 Å². The third-order valence-electron chi connectivity index (χ3n) is 0. The fourth-order valence-electron chi connectivity index (χ4n) is 0. The molecule has 0 bridgehead atoms. The van der Waals surface area contributed by atoms with Gasteiger partial charge in [-0.2, -0.15) is 0 Å². The van der Waals surface area contributed by atoms with Crippen LogP contribution in [0.15, 0.2) is 0 Å². The summed E-state index contributed by atoms with van der Waals surface area (Å²) in [6.45, 7) is 0. The molecule has 0 rings (SSSR count). The van der Waals surface area contributed by atoms with E-state index in [1.807, 2.05) is 0 Å². The Morgan fingerprint density at radius 2 is 0.146 bits per heavy atom. The van der Waals surface area contributed by atoms with Crippen LogP contribution in [0.1, 0.15) is 0 Å². The quantitative estimate of drug-likeness (QED) is 0.203. The topological polar surface area (TPSA) is 518 Å². The van der Waals surface area contributed by atoms with Crippen molar-refractivity contribution in [1.29, 1.82) is 0 Å². The summed E-state index contributed by atoms with van der Waals surface area (Å²) in [5.74, 6) is 0. The molecule has 0 aliphatic carbocycles. The van der Waals surface area contributed by atoms with Crippen molar-refractivity contribution in [2.75, 3.05) is 0 Å². The summed E-state index contributed by atoms with van der Waals surface area (Å²) < 4.78 is 207. The standard InChI is InChI=1S/18Li.24O.6Sb/q18*+1;;;;;;;18*-1;;;;;;. The Kier molecular flexibility index (Phi) is 292. The molecular weight excluding hydrogens is 1240 g/mol. The van der Waals surface area contributed by atoms with Crippen LogP contribution in [0.4, 0.5) is 0 Å². The van der Waals surface area contributed by atoms with E-state index in [-0.39, 0.29) is 339 Å². The van der Waals surface area contributed by atoms with Crippen molar-refractivity contribution in [2.45, 2.75) is 0 Å². The van der Waals surface area contributed by atoms with Crippen LogP contribution in [0.5, 0.6) is 0 Å². The minimum absolute atomic E-state index is 0. The van der Waals surface area contributed by atoms with Gasteiger partial charge in [0.25, 0.3) is 0 Å². The molecule has 0 aromatic carbocycles. The first-order valence-corrected chi connectivity index (χ1v) is 29.4. The normalized spacial score (nSPS) is 7.38. The second-order valence-corrected chi connectivity index (χ2v) is 18.0. The second kappa shape index (κ2) is 87.6. The van der Waals surface area contributed by atoms with E-state index in [4.69, 9.17) is 79.0 Å². The van der Waals surface area contributed by atoms with Crippen molar-refractivity contribution in [1.82, 2.24) is 0 Å². The summed E-state index contributed by atoms with van der Waals surface area (Å²) in [5, 5.41) is 0. The fraction of sp³-hybridized carbons (Fsp3) is 0. The molecule has 0 fully saturated rings. The first-order chi connectivity index (χ1) is 12.0. The summed E-state index contributed by atoms with van der Waals surface area (Å²) in [7, 11) is 0. The van der Waals surface area contributed by atoms with E-state index in [1.165, 1.54) is 0 Å². The molecule has 48 heteroatoms. The zero-order chi connectivity index (χ0) is 27.0. The van der Waals surface area contributed by atoms with Crippen molar-refractivity contribution in [3.05, 3.63) is 0 Å². The van der Waals surface area contributed by atoms with Crippen molar-refractivity contribution >= 4 is 120 Å². The molecule has 0 aromatic heterocycles. The van der Waals surface area contributed by atoms with E-state index < -0.39 is 120 Å².